The fourth-order valence-electron chi connectivity index (χ4n) is 1.47. The van der Waals surface area contributed by atoms with Crippen LogP contribution in [0.15, 0.2) is 29.1 Å². The predicted octanol–water partition coefficient (Wildman–Crippen LogP) is 1.81. The number of alkyl halides is 2. The SMILES string of the molecule is Cc1cccc(-n2c(C(F)F)n[nH]c2=O)c1. The van der Waals surface area contributed by atoms with E-state index in [1.807, 2.05) is 18.1 Å². The van der Waals surface area contributed by atoms with Gasteiger partial charge in [0.2, 0.25) is 5.82 Å². The zero-order valence-electron chi connectivity index (χ0n) is 8.45. The molecule has 0 aliphatic carbocycles. The van der Waals surface area contributed by atoms with Gasteiger partial charge in [-0.15, -0.1) is 0 Å². The molecule has 0 saturated carbocycles. The molecule has 4 nitrogen and oxygen atoms in total. The summed E-state index contributed by atoms with van der Waals surface area (Å²) >= 11 is 0. The molecule has 1 aromatic carbocycles. The molecule has 1 N–H and O–H groups in total. The van der Waals surface area contributed by atoms with Gasteiger partial charge in [0.1, 0.15) is 0 Å². The number of nitrogens with zero attached hydrogens (tertiary/aromatic N) is 2. The molecule has 0 atom stereocenters. The highest BCUT2D eigenvalue weighted by Crippen LogP contribution is 2.18. The van der Waals surface area contributed by atoms with Crippen LogP contribution in [0.25, 0.3) is 5.69 Å². The van der Waals surface area contributed by atoms with Crippen LogP contribution in [0.1, 0.15) is 17.8 Å². The first-order valence-corrected chi connectivity index (χ1v) is 4.62. The summed E-state index contributed by atoms with van der Waals surface area (Å²) in [6, 6.07) is 6.73. The Labute approximate surface area is 89.5 Å². The molecule has 2 rings (SSSR count). The van der Waals surface area contributed by atoms with E-state index >= 15 is 0 Å². The minimum absolute atomic E-state index is 0.383. The fourth-order valence-corrected chi connectivity index (χ4v) is 1.47. The Kier molecular flexibility index (Phi) is 2.55. The van der Waals surface area contributed by atoms with Gasteiger partial charge < -0.3 is 0 Å². The van der Waals surface area contributed by atoms with E-state index in [0.29, 0.717) is 5.69 Å². The molecule has 0 aliphatic rings. The van der Waals surface area contributed by atoms with Gasteiger partial charge in [0.15, 0.2) is 0 Å². The fraction of sp³-hybridized carbons (Fsp3) is 0.200. The zero-order valence-corrected chi connectivity index (χ0v) is 8.45. The van der Waals surface area contributed by atoms with Gasteiger partial charge in [-0.25, -0.2) is 23.2 Å². The van der Waals surface area contributed by atoms with Gasteiger partial charge in [-0.2, -0.15) is 5.10 Å². The Hall–Kier alpha value is -1.98. The normalized spacial score (nSPS) is 11.0. The van der Waals surface area contributed by atoms with E-state index in [1.54, 1.807) is 18.2 Å². The van der Waals surface area contributed by atoms with Crippen LogP contribution in [0.5, 0.6) is 0 Å². The average Bonchev–Trinajstić information content (AvgIpc) is 2.60. The van der Waals surface area contributed by atoms with Crippen molar-refractivity contribution in [3.8, 4) is 5.69 Å². The number of hydrogen-bond donors (Lipinski definition) is 1. The molecule has 2 aromatic rings. The number of halogens is 2. The Morgan fingerprint density at radius 3 is 2.81 bits per heavy atom. The van der Waals surface area contributed by atoms with Gasteiger partial charge in [0.25, 0.3) is 6.43 Å². The monoisotopic (exact) mass is 225 g/mol. The molecule has 0 spiro atoms. The second-order valence-electron chi connectivity index (χ2n) is 3.36. The maximum Gasteiger partial charge on any atom is 0.348 e. The Morgan fingerprint density at radius 1 is 1.44 bits per heavy atom. The van der Waals surface area contributed by atoms with Crippen LogP contribution in [0.3, 0.4) is 0 Å². The largest absolute Gasteiger partial charge is 0.348 e. The van der Waals surface area contributed by atoms with Crippen molar-refractivity contribution in [2.75, 3.05) is 0 Å². The maximum atomic E-state index is 12.6. The number of hydrogen-bond acceptors (Lipinski definition) is 2. The summed E-state index contributed by atoms with van der Waals surface area (Å²) in [5, 5.41) is 5.31. The van der Waals surface area contributed by atoms with E-state index in [-0.39, 0.29) is 0 Å². The van der Waals surface area contributed by atoms with E-state index < -0.39 is 17.9 Å². The second kappa shape index (κ2) is 3.88. The van der Waals surface area contributed by atoms with Crippen molar-refractivity contribution < 1.29 is 8.78 Å². The van der Waals surface area contributed by atoms with Gasteiger partial charge in [-0.1, -0.05) is 12.1 Å². The number of H-pyrrole nitrogens is 1. The molecular formula is C10H9F2N3O. The Balaban J connectivity index is 2.63. The first-order chi connectivity index (χ1) is 7.59. The molecule has 16 heavy (non-hydrogen) atoms. The number of nitrogens with one attached hydrogen (secondary N) is 1. The van der Waals surface area contributed by atoms with Crippen molar-refractivity contribution >= 4 is 0 Å². The second-order valence-corrected chi connectivity index (χ2v) is 3.36. The third kappa shape index (κ3) is 1.73. The highest BCUT2D eigenvalue weighted by atomic mass is 19.3. The molecular weight excluding hydrogens is 216 g/mol. The van der Waals surface area contributed by atoms with Crippen LogP contribution < -0.4 is 5.69 Å². The van der Waals surface area contributed by atoms with Crippen LogP contribution in [-0.2, 0) is 0 Å². The summed E-state index contributed by atoms with van der Waals surface area (Å²) in [6.45, 7) is 1.82. The highest BCUT2D eigenvalue weighted by Gasteiger charge is 2.18. The molecule has 0 aliphatic heterocycles. The first-order valence-electron chi connectivity index (χ1n) is 4.62. The lowest BCUT2D eigenvalue weighted by atomic mass is 10.2. The topological polar surface area (TPSA) is 50.7 Å². The third-order valence-corrected chi connectivity index (χ3v) is 2.15. The van der Waals surface area contributed by atoms with Crippen molar-refractivity contribution in [3.05, 3.63) is 46.1 Å². The van der Waals surface area contributed by atoms with Gasteiger partial charge in [0, 0.05) is 0 Å². The van der Waals surface area contributed by atoms with Crippen LogP contribution in [0.2, 0.25) is 0 Å². The molecule has 1 heterocycles. The van der Waals surface area contributed by atoms with E-state index in [2.05, 4.69) is 5.10 Å². The molecule has 0 bridgehead atoms. The standard InChI is InChI=1S/C10H9F2N3O/c1-6-3-2-4-7(5-6)15-9(8(11)12)13-14-10(15)16/h2-5,8H,1H3,(H,14,16). The third-order valence-electron chi connectivity index (χ3n) is 2.15. The van der Waals surface area contributed by atoms with Gasteiger partial charge >= 0.3 is 5.69 Å². The molecule has 1 aromatic heterocycles. The van der Waals surface area contributed by atoms with Crippen LogP contribution in [-0.4, -0.2) is 14.8 Å². The van der Waals surface area contributed by atoms with Crippen LogP contribution in [0, 0.1) is 6.92 Å². The molecule has 0 unspecified atom stereocenters. The van der Waals surface area contributed by atoms with E-state index in [1.165, 1.54) is 0 Å². The van der Waals surface area contributed by atoms with Crippen LogP contribution in [0.4, 0.5) is 8.78 Å². The molecule has 0 fully saturated rings. The smallest absolute Gasteiger partial charge is 0.246 e. The quantitative estimate of drug-likeness (QED) is 0.847. The number of aromatic nitrogens is 3. The Bertz CT molecular complexity index is 559. The van der Waals surface area contributed by atoms with Gasteiger partial charge in [0.05, 0.1) is 5.69 Å². The van der Waals surface area contributed by atoms with Gasteiger partial charge in [-0.05, 0) is 24.6 Å². The average molecular weight is 225 g/mol. The van der Waals surface area contributed by atoms with Crippen molar-refractivity contribution in [1.82, 2.24) is 14.8 Å². The van der Waals surface area contributed by atoms with Crippen molar-refractivity contribution in [3.63, 3.8) is 0 Å². The van der Waals surface area contributed by atoms with Crippen molar-refractivity contribution in [2.24, 2.45) is 0 Å². The molecule has 0 amide bonds. The summed E-state index contributed by atoms with van der Waals surface area (Å²) in [6.07, 6.45) is -2.79. The lowest BCUT2D eigenvalue weighted by molar-refractivity contribution is 0.138. The first kappa shape index (κ1) is 10.5. The summed E-state index contributed by atoms with van der Waals surface area (Å²) in [5.74, 6) is -0.574. The molecule has 0 radical (unpaired) electrons. The number of benzene rings is 1. The highest BCUT2D eigenvalue weighted by molar-refractivity contribution is 5.36. The Morgan fingerprint density at radius 2 is 2.19 bits per heavy atom. The van der Waals surface area contributed by atoms with Crippen molar-refractivity contribution in [1.29, 1.82) is 0 Å². The molecule has 84 valence electrons. The number of aromatic amines is 1. The summed E-state index contributed by atoms with van der Waals surface area (Å²) in [7, 11) is 0. The van der Waals surface area contributed by atoms with Crippen LogP contribution >= 0.6 is 0 Å². The molecule has 0 saturated heterocycles. The lowest BCUT2D eigenvalue weighted by Crippen LogP contribution is -2.17. The number of rotatable bonds is 2. The minimum atomic E-state index is -2.79. The summed E-state index contributed by atoms with van der Waals surface area (Å²) in [4.78, 5) is 11.4. The van der Waals surface area contributed by atoms with E-state index in [0.717, 1.165) is 10.1 Å². The predicted molar refractivity (Wildman–Crippen MR) is 53.9 cm³/mol. The van der Waals surface area contributed by atoms with Crippen molar-refractivity contribution in [2.45, 2.75) is 13.3 Å². The minimum Gasteiger partial charge on any atom is -0.246 e. The van der Waals surface area contributed by atoms with E-state index in [4.69, 9.17) is 0 Å². The maximum absolute atomic E-state index is 12.6. The van der Waals surface area contributed by atoms with E-state index in [9.17, 15) is 13.6 Å². The van der Waals surface area contributed by atoms with Gasteiger partial charge in [-0.3, -0.25) is 0 Å². The summed E-state index contributed by atoms with van der Waals surface area (Å²) in [5.41, 5.74) is 0.598. The lowest BCUT2D eigenvalue weighted by Gasteiger charge is -2.05. The zero-order chi connectivity index (χ0) is 11.7. The number of aryl methyl sites for hydroxylation is 1. The molecule has 6 heteroatoms. The summed E-state index contributed by atoms with van der Waals surface area (Å²) < 4.78 is 26.0.